The molecule has 0 atom stereocenters. The smallest absolute Gasteiger partial charge is 0.252 e. The van der Waals surface area contributed by atoms with E-state index in [9.17, 15) is 13.2 Å². The summed E-state index contributed by atoms with van der Waals surface area (Å²) in [6, 6.07) is 13.5. The molecule has 5 rings (SSSR count). The van der Waals surface area contributed by atoms with Crippen LogP contribution in [0.15, 0.2) is 46.7 Å². The van der Waals surface area contributed by atoms with Gasteiger partial charge in [0, 0.05) is 30.1 Å². The van der Waals surface area contributed by atoms with Crippen molar-refractivity contribution in [3.05, 3.63) is 57.9 Å². The van der Waals surface area contributed by atoms with Crippen molar-refractivity contribution in [3.8, 4) is 0 Å². The van der Waals surface area contributed by atoms with E-state index in [4.69, 9.17) is 11.6 Å². The highest BCUT2D eigenvalue weighted by Crippen LogP contribution is 2.36. The zero-order valence-corrected chi connectivity index (χ0v) is 18.6. The van der Waals surface area contributed by atoms with E-state index in [1.807, 2.05) is 12.1 Å². The number of anilines is 1. The lowest BCUT2D eigenvalue weighted by molar-refractivity contribution is -0.120. The number of carbonyl (C=O) groups is 1. The summed E-state index contributed by atoms with van der Waals surface area (Å²) in [5, 5.41) is 5.46. The summed E-state index contributed by atoms with van der Waals surface area (Å²) < 4.78 is 27.7. The largest absolute Gasteiger partial charge is 0.325 e. The second-order valence-corrected chi connectivity index (χ2v) is 11.7. The summed E-state index contributed by atoms with van der Waals surface area (Å²) in [5.74, 6) is -0.240. The maximum atomic E-state index is 12.9. The van der Waals surface area contributed by atoms with E-state index in [1.165, 1.54) is 26.9 Å². The molecular formula is C22H21ClN2O3S2. The highest BCUT2D eigenvalue weighted by atomic mass is 35.5. The maximum Gasteiger partial charge on any atom is 0.252 e. The number of nitrogens with one attached hydrogen (secondary N) is 1. The molecule has 2 heterocycles. The Balaban J connectivity index is 1.29. The number of sulfonamides is 1. The van der Waals surface area contributed by atoms with Gasteiger partial charge in [-0.3, -0.25) is 4.79 Å². The van der Waals surface area contributed by atoms with Gasteiger partial charge in [0.1, 0.15) is 4.21 Å². The van der Waals surface area contributed by atoms with Crippen molar-refractivity contribution in [2.45, 2.75) is 29.9 Å². The maximum absolute atomic E-state index is 12.9. The van der Waals surface area contributed by atoms with Crippen LogP contribution in [0.2, 0.25) is 4.34 Å². The van der Waals surface area contributed by atoms with Gasteiger partial charge in [-0.1, -0.05) is 35.9 Å². The second-order valence-electron chi connectivity index (χ2n) is 7.84. The normalized spacial score (nSPS) is 17.5. The first kappa shape index (κ1) is 20.0. The summed E-state index contributed by atoms with van der Waals surface area (Å²) >= 11 is 6.96. The molecule has 0 saturated carbocycles. The van der Waals surface area contributed by atoms with Crippen LogP contribution in [0.3, 0.4) is 0 Å². The number of hydrogen-bond acceptors (Lipinski definition) is 4. The van der Waals surface area contributed by atoms with Crippen LogP contribution in [-0.2, 0) is 27.7 Å². The van der Waals surface area contributed by atoms with Gasteiger partial charge in [0.2, 0.25) is 5.91 Å². The summed E-state index contributed by atoms with van der Waals surface area (Å²) in [7, 11) is -3.54. The Morgan fingerprint density at radius 1 is 1.03 bits per heavy atom. The fraction of sp³-hybridized carbons (Fsp3) is 0.318. The van der Waals surface area contributed by atoms with Gasteiger partial charge in [-0.15, -0.1) is 11.3 Å². The first-order chi connectivity index (χ1) is 14.4. The van der Waals surface area contributed by atoms with Crippen molar-refractivity contribution in [1.29, 1.82) is 0 Å². The number of amides is 1. The average molecular weight is 461 g/mol. The first-order valence-corrected chi connectivity index (χ1v) is 12.7. The van der Waals surface area contributed by atoms with Crippen molar-refractivity contribution in [3.63, 3.8) is 0 Å². The van der Waals surface area contributed by atoms with Crippen LogP contribution in [0.1, 0.15) is 24.0 Å². The Bertz CT molecular complexity index is 1230. The molecule has 3 aromatic rings. The molecule has 0 spiro atoms. The Labute approximate surface area is 184 Å². The van der Waals surface area contributed by atoms with Crippen molar-refractivity contribution in [2.24, 2.45) is 5.92 Å². The number of hydrogen-bond donors (Lipinski definition) is 1. The van der Waals surface area contributed by atoms with Crippen LogP contribution >= 0.6 is 22.9 Å². The molecule has 8 heteroatoms. The number of benzene rings is 2. The quantitative estimate of drug-likeness (QED) is 0.614. The van der Waals surface area contributed by atoms with Gasteiger partial charge in [0.25, 0.3) is 10.0 Å². The lowest BCUT2D eigenvalue weighted by atomic mass is 9.96. The molecular weight excluding hydrogens is 440 g/mol. The molecule has 2 aromatic carbocycles. The van der Waals surface area contributed by atoms with Crippen LogP contribution in [0, 0.1) is 5.92 Å². The lowest BCUT2D eigenvalue weighted by Crippen LogP contribution is -2.41. The fourth-order valence-corrected chi connectivity index (χ4v) is 7.62. The average Bonchev–Trinajstić information content (AvgIpc) is 3.38. The molecule has 1 aliphatic heterocycles. The number of aryl methyl sites for hydroxylation is 2. The van der Waals surface area contributed by atoms with Crippen LogP contribution < -0.4 is 5.32 Å². The molecule has 30 heavy (non-hydrogen) atoms. The highest BCUT2D eigenvalue weighted by molar-refractivity contribution is 7.91. The Hall–Kier alpha value is -1.93. The monoisotopic (exact) mass is 460 g/mol. The summed E-state index contributed by atoms with van der Waals surface area (Å²) in [4.78, 5) is 12.9. The molecule has 0 bridgehead atoms. The molecule has 0 radical (unpaired) electrons. The Kier molecular flexibility index (Phi) is 5.09. The van der Waals surface area contributed by atoms with Gasteiger partial charge in [0.05, 0.1) is 4.34 Å². The predicted octanol–water partition coefficient (Wildman–Crippen LogP) is 4.69. The summed E-state index contributed by atoms with van der Waals surface area (Å²) in [6.45, 7) is 0.666. The number of piperidine rings is 1. The van der Waals surface area contributed by atoms with Gasteiger partial charge >= 0.3 is 0 Å². The van der Waals surface area contributed by atoms with Crippen molar-refractivity contribution in [1.82, 2.24) is 4.31 Å². The third kappa shape index (κ3) is 3.43. The van der Waals surface area contributed by atoms with E-state index in [0.717, 1.165) is 35.3 Å². The number of nitrogens with zero attached hydrogens (tertiary/aromatic N) is 1. The second kappa shape index (κ2) is 7.64. The lowest BCUT2D eigenvalue weighted by Gasteiger charge is -2.30. The molecule has 1 aliphatic carbocycles. The van der Waals surface area contributed by atoms with Crippen molar-refractivity contribution in [2.75, 3.05) is 18.4 Å². The van der Waals surface area contributed by atoms with Crippen molar-refractivity contribution >= 4 is 55.3 Å². The number of halogens is 1. The predicted molar refractivity (Wildman–Crippen MR) is 121 cm³/mol. The van der Waals surface area contributed by atoms with E-state index in [2.05, 4.69) is 23.5 Å². The molecule has 156 valence electrons. The summed E-state index contributed by atoms with van der Waals surface area (Å²) in [6.07, 6.45) is 3.11. The number of rotatable bonds is 4. The van der Waals surface area contributed by atoms with Crippen LogP contribution in [0.4, 0.5) is 5.69 Å². The molecule has 1 saturated heterocycles. The molecule has 2 aliphatic rings. The Morgan fingerprint density at radius 2 is 1.77 bits per heavy atom. The van der Waals surface area contributed by atoms with E-state index >= 15 is 0 Å². The van der Waals surface area contributed by atoms with E-state index in [0.29, 0.717) is 30.3 Å². The van der Waals surface area contributed by atoms with E-state index in [-0.39, 0.29) is 16.0 Å². The van der Waals surface area contributed by atoms with E-state index in [1.54, 1.807) is 6.07 Å². The minimum absolute atomic E-state index is 0.0371. The zero-order valence-electron chi connectivity index (χ0n) is 16.2. The standard InChI is InChI=1S/C22H21ClN2O3S2/c23-19-8-9-20(29-19)30(27,28)25-12-10-16(11-13-25)22(26)24-18-7-6-15-5-4-14-2-1-3-17(18)21(14)15/h1-3,6-9,16H,4-5,10-13H2,(H,24,26). The van der Waals surface area contributed by atoms with Crippen LogP contribution in [0.5, 0.6) is 0 Å². The third-order valence-corrected chi connectivity index (χ3v) is 9.70. The SMILES string of the molecule is O=C(Nc1ccc2c3c(cccc13)CC2)C1CCN(S(=O)(=O)c2ccc(Cl)s2)CC1. The van der Waals surface area contributed by atoms with Gasteiger partial charge in [-0.05, 0) is 60.4 Å². The van der Waals surface area contributed by atoms with Crippen LogP contribution in [-0.4, -0.2) is 31.7 Å². The number of thiophene rings is 1. The van der Waals surface area contributed by atoms with Crippen molar-refractivity contribution < 1.29 is 13.2 Å². The van der Waals surface area contributed by atoms with Gasteiger partial charge < -0.3 is 5.32 Å². The molecule has 5 nitrogen and oxygen atoms in total. The molecule has 0 unspecified atom stereocenters. The van der Waals surface area contributed by atoms with Gasteiger partial charge in [-0.2, -0.15) is 4.31 Å². The molecule has 1 aromatic heterocycles. The van der Waals surface area contributed by atoms with Crippen LogP contribution in [0.25, 0.3) is 10.8 Å². The molecule has 1 amide bonds. The van der Waals surface area contributed by atoms with E-state index < -0.39 is 10.0 Å². The highest BCUT2D eigenvalue weighted by Gasteiger charge is 2.33. The summed E-state index contributed by atoms with van der Waals surface area (Å²) in [5.41, 5.74) is 3.52. The topological polar surface area (TPSA) is 66.5 Å². The zero-order chi connectivity index (χ0) is 20.9. The third-order valence-electron chi connectivity index (χ3n) is 6.10. The Morgan fingerprint density at radius 3 is 2.47 bits per heavy atom. The number of carbonyl (C=O) groups excluding carboxylic acids is 1. The minimum Gasteiger partial charge on any atom is -0.325 e. The molecule has 1 fully saturated rings. The fourth-order valence-electron chi connectivity index (χ4n) is 4.51. The minimum atomic E-state index is -3.54. The molecule has 1 N–H and O–H groups in total. The van der Waals surface area contributed by atoms with Gasteiger partial charge in [-0.25, -0.2) is 8.42 Å². The first-order valence-electron chi connectivity index (χ1n) is 10.0. The van der Waals surface area contributed by atoms with Gasteiger partial charge in [0.15, 0.2) is 0 Å².